The molecular weight excluding hydrogens is 184 g/mol. The summed E-state index contributed by atoms with van der Waals surface area (Å²) in [5, 5.41) is 0. The van der Waals surface area contributed by atoms with Crippen molar-refractivity contribution in [1.29, 1.82) is 0 Å². The van der Waals surface area contributed by atoms with Crippen molar-refractivity contribution in [2.45, 2.75) is 32.2 Å². The van der Waals surface area contributed by atoms with E-state index in [0.717, 1.165) is 18.8 Å². The molecule has 1 aliphatic rings. The zero-order valence-corrected chi connectivity index (χ0v) is 10.4. The molecule has 0 amide bonds. The molecule has 0 unspecified atom stereocenters. The van der Waals surface area contributed by atoms with Crippen molar-refractivity contribution >= 4 is 0 Å². The first-order valence-corrected chi connectivity index (χ1v) is 5.58. The lowest BCUT2D eigenvalue weighted by molar-refractivity contribution is 0.263. The lowest BCUT2D eigenvalue weighted by Crippen LogP contribution is -2.36. The Morgan fingerprint density at radius 1 is 1.27 bits per heavy atom. The third kappa shape index (κ3) is 3.28. The summed E-state index contributed by atoms with van der Waals surface area (Å²) in [6.07, 6.45) is 2.55. The molecule has 15 heavy (non-hydrogen) atoms. The number of hydrogen-bond donors (Lipinski definition) is 0. The molecule has 0 aliphatic carbocycles. The molecule has 0 atom stereocenters. The van der Waals surface area contributed by atoms with Gasteiger partial charge >= 0.3 is 0 Å². The average Bonchev–Trinajstić information content (AvgIpc) is 2.66. The molecule has 1 rings (SSSR count). The van der Waals surface area contributed by atoms with E-state index in [-0.39, 0.29) is 5.54 Å². The van der Waals surface area contributed by atoms with Crippen molar-refractivity contribution in [3.05, 3.63) is 12.3 Å². The van der Waals surface area contributed by atoms with Crippen LogP contribution in [0.1, 0.15) is 26.7 Å². The first kappa shape index (κ1) is 12.1. The summed E-state index contributed by atoms with van der Waals surface area (Å²) in [6.45, 7) is 10.5. The van der Waals surface area contributed by atoms with Crippen molar-refractivity contribution in [3.63, 3.8) is 0 Å². The quantitative estimate of drug-likeness (QED) is 0.637. The molecule has 0 saturated carbocycles. The number of allylic oxidation sites excluding steroid dienone is 1. The first-order chi connectivity index (χ1) is 6.93. The standard InChI is InChI=1S/C13H22N2/c1-12(15-10-6-7-11-15)8-9-13(2,3)14(4)5/h1,6-7,10-11H2,2-5H3. The smallest absolute Gasteiger partial charge is 0.0807 e. The summed E-state index contributed by atoms with van der Waals surface area (Å²) in [7, 11) is 4.10. The third-order valence-corrected chi connectivity index (χ3v) is 3.12. The van der Waals surface area contributed by atoms with E-state index in [1.165, 1.54) is 12.8 Å². The molecule has 0 bridgehead atoms. The summed E-state index contributed by atoms with van der Waals surface area (Å²) in [5.41, 5.74) is 0.894. The second-order valence-corrected chi connectivity index (χ2v) is 4.84. The van der Waals surface area contributed by atoms with Crippen molar-refractivity contribution in [3.8, 4) is 11.8 Å². The topological polar surface area (TPSA) is 6.48 Å². The van der Waals surface area contributed by atoms with Crippen LogP contribution in [0.25, 0.3) is 0 Å². The highest BCUT2D eigenvalue weighted by molar-refractivity contribution is 5.29. The Kier molecular flexibility index (Phi) is 3.82. The second kappa shape index (κ2) is 4.72. The van der Waals surface area contributed by atoms with Crippen LogP contribution in [-0.2, 0) is 0 Å². The third-order valence-electron chi connectivity index (χ3n) is 3.12. The normalized spacial score (nSPS) is 16.5. The maximum Gasteiger partial charge on any atom is 0.0807 e. The van der Waals surface area contributed by atoms with Crippen LogP contribution in [0.15, 0.2) is 12.3 Å². The van der Waals surface area contributed by atoms with Gasteiger partial charge in [-0.1, -0.05) is 12.5 Å². The number of rotatable bonds is 2. The van der Waals surface area contributed by atoms with Gasteiger partial charge in [0.05, 0.1) is 11.2 Å². The van der Waals surface area contributed by atoms with Gasteiger partial charge in [-0.15, -0.1) is 0 Å². The minimum absolute atomic E-state index is 0.0807. The number of nitrogens with zero attached hydrogens (tertiary/aromatic N) is 2. The molecule has 0 spiro atoms. The highest BCUT2D eigenvalue weighted by Gasteiger charge is 2.17. The van der Waals surface area contributed by atoms with E-state index in [0.29, 0.717) is 0 Å². The van der Waals surface area contributed by atoms with Gasteiger partial charge in [-0.3, -0.25) is 4.90 Å². The maximum absolute atomic E-state index is 4.03. The number of likely N-dealkylation sites (tertiary alicyclic amines) is 1. The largest absolute Gasteiger partial charge is 0.365 e. The van der Waals surface area contributed by atoms with Gasteiger partial charge in [0, 0.05) is 13.1 Å². The van der Waals surface area contributed by atoms with E-state index < -0.39 is 0 Å². The van der Waals surface area contributed by atoms with Crippen molar-refractivity contribution < 1.29 is 0 Å². The Balaban J connectivity index is 2.60. The molecule has 0 aromatic carbocycles. The van der Waals surface area contributed by atoms with E-state index in [1.54, 1.807) is 0 Å². The average molecular weight is 206 g/mol. The molecule has 0 N–H and O–H groups in total. The van der Waals surface area contributed by atoms with Gasteiger partial charge in [0.25, 0.3) is 0 Å². The van der Waals surface area contributed by atoms with E-state index in [1.807, 2.05) is 14.1 Å². The lowest BCUT2D eigenvalue weighted by atomic mass is 10.1. The summed E-state index contributed by atoms with van der Waals surface area (Å²) in [4.78, 5) is 4.40. The minimum Gasteiger partial charge on any atom is -0.365 e. The van der Waals surface area contributed by atoms with Gasteiger partial charge in [-0.05, 0) is 46.7 Å². The fourth-order valence-electron chi connectivity index (χ4n) is 1.40. The molecule has 84 valence electrons. The van der Waals surface area contributed by atoms with Crippen LogP contribution in [0.3, 0.4) is 0 Å². The van der Waals surface area contributed by atoms with Crippen LogP contribution < -0.4 is 0 Å². The Labute approximate surface area is 93.9 Å². The van der Waals surface area contributed by atoms with Crippen molar-refractivity contribution in [2.24, 2.45) is 0 Å². The molecule has 1 saturated heterocycles. The Hall–Kier alpha value is -0.940. The highest BCUT2D eigenvalue weighted by Crippen LogP contribution is 2.13. The predicted molar refractivity (Wildman–Crippen MR) is 65.5 cm³/mol. The van der Waals surface area contributed by atoms with E-state index in [2.05, 4.69) is 42.1 Å². The molecule has 0 aromatic heterocycles. The molecule has 0 aromatic rings. The molecule has 0 radical (unpaired) electrons. The van der Waals surface area contributed by atoms with Crippen LogP contribution in [0.2, 0.25) is 0 Å². The summed E-state index contributed by atoms with van der Waals surface area (Å²) < 4.78 is 0. The fraction of sp³-hybridized carbons (Fsp3) is 0.692. The lowest BCUT2D eigenvalue weighted by Gasteiger charge is -2.26. The zero-order chi connectivity index (χ0) is 11.5. The molecular formula is C13H22N2. The van der Waals surface area contributed by atoms with Gasteiger partial charge in [0.15, 0.2) is 0 Å². The van der Waals surface area contributed by atoms with E-state index in [9.17, 15) is 0 Å². The van der Waals surface area contributed by atoms with Crippen LogP contribution in [-0.4, -0.2) is 42.5 Å². The molecule has 2 heteroatoms. The van der Waals surface area contributed by atoms with Gasteiger partial charge in [0.1, 0.15) is 0 Å². The molecule has 1 fully saturated rings. The SMILES string of the molecule is C=C(C#CC(C)(C)N(C)C)N1CCCC1. The van der Waals surface area contributed by atoms with Crippen LogP contribution in [0.5, 0.6) is 0 Å². The zero-order valence-electron chi connectivity index (χ0n) is 10.4. The number of hydrogen-bond acceptors (Lipinski definition) is 2. The van der Waals surface area contributed by atoms with Crippen LogP contribution in [0.4, 0.5) is 0 Å². The van der Waals surface area contributed by atoms with Gasteiger partial charge in [0.2, 0.25) is 0 Å². The fourth-order valence-corrected chi connectivity index (χ4v) is 1.40. The van der Waals surface area contributed by atoms with Crippen molar-refractivity contribution in [2.75, 3.05) is 27.2 Å². The minimum atomic E-state index is -0.0807. The molecule has 2 nitrogen and oxygen atoms in total. The van der Waals surface area contributed by atoms with E-state index in [4.69, 9.17) is 0 Å². The highest BCUT2D eigenvalue weighted by atomic mass is 15.1. The second-order valence-electron chi connectivity index (χ2n) is 4.84. The predicted octanol–water partition coefficient (Wildman–Crippen LogP) is 1.94. The Morgan fingerprint density at radius 3 is 2.27 bits per heavy atom. The van der Waals surface area contributed by atoms with Crippen LogP contribution >= 0.6 is 0 Å². The van der Waals surface area contributed by atoms with Crippen molar-refractivity contribution in [1.82, 2.24) is 9.80 Å². The van der Waals surface area contributed by atoms with Gasteiger partial charge in [-0.2, -0.15) is 0 Å². The maximum atomic E-state index is 4.03. The summed E-state index contributed by atoms with van der Waals surface area (Å²) >= 11 is 0. The summed E-state index contributed by atoms with van der Waals surface area (Å²) in [5.74, 6) is 6.46. The van der Waals surface area contributed by atoms with Gasteiger partial charge < -0.3 is 4.90 Å². The van der Waals surface area contributed by atoms with E-state index >= 15 is 0 Å². The first-order valence-electron chi connectivity index (χ1n) is 5.58. The van der Waals surface area contributed by atoms with Crippen LogP contribution in [0, 0.1) is 11.8 Å². The molecule has 1 heterocycles. The van der Waals surface area contributed by atoms with Gasteiger partial charge in [-0.25, -0.2) is 0 Å². The monoisotopic (exact) mass is 206 g/mol. The Morgan fingerprint density at radius 2 is 1.80 bits per heavy atom. The molecule has 1 aliphatic heterocycles. The Bertz CT molecular complexity index is 285. The summed E-state index contributed by atoms with van der Waals surface area (Å²) in [6, 6.07) is 0.